The van der Waals surface area contributed by atoms with E-state index in [0.717, 1.165) is 5.56 Å². The molecule has 0 aliphatic carbocycles. The highest BCUT2D eigenvalue weighted by atomic mass is 16.1. The molecule has 1 aromatic carbocycles. The van der Waals surface area contributed by atoms with E-state index >= 15 is 0 Å². The SMILES string of the molecule is C=C/C=C(\C)C(=O)C=Cc1ccccc1. The Hall–Kier alpha value is -1.89. The van der Waals surface area contributed by atoms with Gasteiger partial charge in [0.15, 0.2) is 5.78 Å². The molecule has 1 heteroatoms. The normalized spacial score (nSPS) is 11.7. The van der Waals surface area contributed by atoms with E-state index in [4.69, 9.17) is 0 Å². The molecule has 15 heavy (non-hydrogen) atoms. The van der Waals surface area contributed by atoms with Crippen molar-refractivity contribution in [2.75, 3.05) is 0 Å². The average Bonchev–Trinajstić information content (AvgIpc) is 2.27. The van der Waals surface area contributed by atoms with Crippen LogP contribution >= 0.6 is 0 Å². The van der Waals surface area contributed by atoms with Crippen LogP contribution in [0, 0.1) is 0 Å². The van der Waals surface area contributed by atoms with Crippen LogP contribution in [-0.4, -0.2) is 5.78 Å². The second kappa shape index (κ2) is 5.76. The summed E-state index contributed by atoms with van der Waals surface area (Å²) in [5.74, 6) is 0.0127. The molecule has 76 valence electrons. The van der Waals surface area contributed by atoms with Crippen LogP contribution < -0.4 is 0 Å². The second-order valence-corrected chi connectivity index (χ2v) is 3.19. The van der Waals surface area contributed by atoms with Gasteiger partial charge < -0.3 is 0 Å². The maximum Gasteiger partial charge on any atom is 0.181 e. The molecule has 1 nitrogen and oxygen atoms in total. The molecule has 0 heterocycles. The van der Waals surface area contributed by atoms with Crippen LogP contribution in [0.4, 0.5) is 0 Å². The van der Waals surface area contributed by atoms with Crippen LogP contribution in [0.5, 0.6) is 0 Å². The first-order valence-electron chi connectivity index (χ1n) is 4.81. The summed E-state index contributed by atoms with van der Waals surface area (Å²) in [5, 5.41) is 0. The highest BCUT2D eigenvalue weighted by molar-refractivity contribution is 6.06. The van der Waals surface area contributed by atoms with Crippen LogP contribution in [-0.2, 0) is 4.79 Å². The van der Waals surface area contributed by atoms with Gasteiger partial charge in [-0.25, -0.2) is 0 Å². The van der Waals surface area contributed by atoms with Gasteiger partial charge in [-0.15, -0.1) is 0 Å². The van der Waals surface area contributed by atoms with E-state index in [1.165, 1.54) is 0 Å². The monoisotopic (exact) mass is 198 g/mol. The van der Waals surface area contributed by atoms with Gasteiger partial charge in [-0.3, -0.25) is 4.79 Å². The zero-order valence-electron chi connectivity index (χ0n) is 8.81. The molecule has 0 saturated carbocycles. The molecule has 0 aromatic heterocycles. The lowest BCUT2D eigenvalue weighted by Crippen LogP contribution is -1.93. The molecule has 0 unspecified atom stereocenters. The molecule has 0 bridgehead atoms. The lowest BCUT2D eigenvalue weighted by atomic mass is 10.1. The predicted octanol–water partition coefficient (Wildman–Crippen LogP) is 3.40. The minimum absolute atomic E-state index is 0.0127. The summed E-state index contributed by atoms with van der Waals surface area (Å²) in [7, 11) is 0. The van der Waals surface area contributed by atoms with Crippen molar-refractivity contribution in [3.63, 3.8) is 0 Å². The third-order valence-electron chi connectivity index (χ3n) is 1.98. The van der Waals surface area contributed by atoms with Gasteiger partial charge in [0.1, 0.15) is 0 Å². The maximum atomic E-state index is 11.5. The van der Waals surface area contributed by atoms with Crippen molar-refractivity contribution in [2.24, 2.45) is 0 Å². The number of allylic oxidation sites excluding steroid dienone is 4. The van der Waals surface area contributed by atoms with E-state index in [9.17, 15) is 4.79 Å². The molecule has 0 amide bonds. The van der Waals surface area contributed by atoms with Gasteiger partial charge in [-0.05, 0) is 24.1 Å². The van der Waals surface area contributed by atoms with Crippen LogP contribution in [0.2, 0.25) is 0 Å². The van der Waals surface area contributed by atoms with E-state index in [0.29, 0.717) is 5.57 Å². The number of carbonyl (C=O) groups is 1. The number of hydrogen-bond donors (Lipinski definition) is 0. The molecular weight excluding hydrogens is 184 g/mol. The second-order valence-electron chi connectivity index (χ2n) is 3.19. The Morgan fingerprint density at radius 1 is 1.27 bits per heavy atom. The van der Waals surface area contributed by atoms with Gasteiger partial charge >= 0.3 is 0 Å². The van der Waals surface area contributed by atoms with E-state index in [-0.39, 0.29) is 5.78 Å². The fourth-order valence-electron chi connectivity index (χ4n) is 1.13. The van der Waals surface area contributed by atoms with E-state index in [1.807, 2.05) is 36.4 Å². The van der Waals surface area contributed by atoms with Crippen LogP contribution in [0.3, 0.4) is 0 Å². The maximum absolute atomic E-state index is 11.5. The zero-order valence-corrected chi connectivity index (χ0v) is 8.81. The van der Waals surface area contributed by atoms with E-state index in [1.54, 1.807) is 25.2 Å². The van der Waals surface area contributed by atoms with Crippen molar-refractivity contribution in [1.82, 2.24) is 0 Å². The van der Waals surface area contributed by atoms with Gasteiger partial charge in [0.2, 0.25) is 0 Å². The van der Waals surface area contributed by atoms with E-state index < -0.39 is 0 Å². The quantitative estimate of drug-likeness (QED) is 0.535. The Bertz CT molecular complexity index is 397. The fourth-order valence-corrected chi connectivity index (χ4v) is 1.13. The van der Waals surface area contributed by atoms with Crippen molar-refractivity contribution in [3.05, 3.63) is 66.3 Å². The Labute approximate surface area is 90.4 Å². The lowest BCUT2D eigenvalue weighted by molar-refractivity contribution is -0.111. The Balaban J connectivity index is 2.71. The summed E-state index contributed by atoms with van der Waals surface area (Å²) in [6.07, 6.45) is 6.70. The first kappa shape index (κ1) is 11.2. The van der Waals surface area contributed by atoms with Crippen molar-refractivity contribution >= 4 is 11.9 Å². The summed E-state index contributed by atoms with van der Waals surface area (Å²) in [6, 6.07) is 9.74. The van der Waals surface area contributed by atoms with Gasteiger partial charge in [-0.1, -0.05) is 55.1 Å². The minimum Gasteiger partial charge on any atom is -0.290 e. The molecule has 0 saturated heterocycles. The molecule has 0 aliphatic heterocycles. The first-order chi connectivity index (χ1) is 7.24. The van der Waals surface area contributed by atoms with Gasteiger partial charge in [0.05, 0.1) is 0 Å². The minimum atomic E-state index is 0.0127. The van der Waals surface area contributed by atoms with Crippen molar-refractivity contribution in [2.45, 2.75) is 6.92 Å². The van der Waals surface area contributed by atoms with Crippen LogP contribution in [0.25, 0.3) is 6.08 Å². The molecule has 0 spiro atoms. The molecule has 0 atom stereocenters. The van der Waals surface area contributed by atoms with Gasteiger partial charge in [0, 0.05) is 0 Å². The van der Waals surface area contributed by atoms with Crippen molar-refractivity contribution < 1.29 is 4.79 Å². The highest BCUT2D eigenvalue weighted by Crippen LogP contribution is 2.03. The molecule has 0 N–H and O–H groups in total. The number of carbonyl (C=O) groups excluding carboxylic acids is 1. The van der Waals surface area contributed by atoms with Crippen molar-refractivity contribution in [1.29, 1.82) is 0 Å². The Morgan fingerprint density at radius 2 is 1.93 bits per heavy atom. The van der Waals surface area contributed by atoms with Crippen molar-refractivity contribution in [3.8, 4) is 0 Å². The smallest absolute Gasteiger partial charge is 0.181 e. The molecule has 1 rings (SSSR count). The Kier molecular flexibility index (Phi) is 4.30. The lowest BCUT2D eigenvalue weighted by Gasteiger charge is -1.93. The summed E-state index contributed by atoms with van der Waals surface area (Å²) >= 11 is 0. The summed E-state index contributed by atoms with van der Waals surface area (Å²) in [6.45, 7) is 5.33. The molecule has 0 aliphatic rings. The van der Waals surface area contributed by atoms with Crippen LogP contribution in [0.15, 0.2) is 60.7 Å². The van der Waals surface area contributed by atoms with Gasteiger partial charge in [0.25, 0.3) is 0 Å². The van der Waals surface area contributed by atoms with Gasteiger partial charge in [-0.2, -0.15) is 0 Å². The molecule has 0 radical (unpaired) electrons. The van der Waals surface area contributed by atoms with E-state index in [2.05, 4.69) is 6.58 Å². The summed E-state index contributed by atoms with van der Waals surface area (Å²) in [5.41, 5.74) is 1.72. The Morgan fingerprint density at radius 3 is 2.53 bits per heavy atom. The predicted molar refractivity (Wildman–Crippen MR) is 64.4 cm³/mol. The third kappa shape index (κ3) is 3.77. The first-order valence-corrected chi connectivity index (χ1v) is 4.81. The van der Waals surface area contributed by atoms with Crippen LogP contribution in [0.1, 0.15) is 12.5 Å². The molecule has 0 fully saturated rings. The third-order valence-corrected chi connectivity index (χ3v) is 1.98. The number of ketones is 1. The zero-order chi connectivity index (χ0) is 11.1. The number of benzene rings is 1. The fraction of sp³-hybridized carbons (Fsp3) is 0.0714. The average molecular weight is 198 g/mol. The number of rotatable bonds is 4. The standard InChI is InChI=1S/C14H14O/c1-3-7-12(2)14(15)11-10-13-8-5-4-6-9-13/h3-11H,1H2,2H3/b11-10?,12-7+. The summed E-state index contributed by atoms with van der Waals surface area (Å²) in [4.78, 5) is 11.5. The summed E-state index contributed by atoms with van der Waals surface area (Å²) < 4.78 is 0. The highest BCUT2D eigenvalue weighted by Gasteiger charge is 1.96. The largest absolute Gasteiger partial charge is 0.290 e. The topological polar surface area (TPSA) is 17.1 Å². The number of hydrogen-bond acceptors (Lipinski definition) is 1. The molecular formula is C14H14O. The molecule has 1 aromatic rings.